The lowest BCUT2D eigenvalue weighted by Crippen LogP contribution is -2.13. The molecule has 23 heavy (non-hydrogen) atoms. The van der Waals surface area contributed by atoms with E-state index in [-0.39, 0.29) is 5.57 Å². The van der Waals surface area contributed by atoms with Crippen molar-refractivity contribution in [3.8, 4) is 6.07 Å². The minimum Gasteiger partial charge on any atom is -0.465 e. The van der Waals surface area contributed by atoms with Crippen LogP contribution in [0.5, 0.6) is 0 Å². The second kappa shape index (κ2) is 7.42. The predicted molar refractivity (Wildman–Crippen MR) is 86.4 cm³/mol. The van der Waals surface area contributed by atoms with Crippen LogP contribution >= 0.6 is 15.9 Å². The molecule has 1 N–H and O–H groups in total. The number of hydrogen-bond donors (Lipinski definition) is 1. The van der Waals surface area contributed by atoms with Crippen molar-refractivity contribution >= 4 is 39.6 Å². The van der Waals surface area contributed by atoms with Crippen LogP contribution in [0.2, 0.25) is 0 Å². The van der Waals surface area contributed by atoms with Crippen molar-refractivity contribution in [1.82, 2.24) is 0 Å². The van der Waals surface area contributed by atoms with Gasteiger partial charge in [0.1, 0.15) is 17.4 Å². The quantitative estimate of drug-likeness (QED) is 0.503. The van der Waals surface area contributed by atoms with Gasteiger partial charge in [-0.05, 0) is 52.3 Å². The number of anilines is 1. The Balaban J connectivity index is 2.12. The minimum atomic E-state index is -0.578. The molecule has 116 valence electrons. The number of amides is 1. The zero-order valence-corrected chi connectivity index (χ0v) is 13.6. The lowest BCUT2D eigenvalue weighted by atomic mass is 10.2. The number of methoxy groups -OCH3 is 1. The summed E-state index contributed by atoms with van der Waals surface area (Å²) in [6.45, 7) is 0. The van der Waals surface area contributed by atoms with Crippen LogP contribution in [-0.4, -0.2) is 19.0 Å². The van der Waals surface area contributed by atoms with Gasteiger partial charge in [0.2, 0.25) is 0 Å². The van der Waals surface area contributed by atoms with E-state index in [2.05, 4.69) is 26.0 Å². The normalized spacial score (nSPS) is 10.7. The molecule has 2 aromatic rings. The molecule has 1 aromatic heterocycles. The number of carbonyl (C=O) groups is 2. The molecule has 0 aliphatic carbocycles. The fraction of sp³-hybridized carbons (Fsp3) is 0.0625. The van der Waals surface area contributed by atoms with E-state index in [1.54, 1.807) is 24.3 Å². The standard InChI is InChI=1S/C16H11BrN2O4/c1-22-16(21)10-2-4-12(5-3-10)19-15(20)11(9-18)8-13-6-7-14(17)23-13/h2-8H,1H3,(H,19,20)/b11-8+. The van der Waals surface area contributed by atoms with Gasteiger partial charge in [0.25, 0.3) is 5.91 Å². The lowest BCUT2D eigenvalue weighted by molar-refractivity contribution is -0.112. The first-order valence-corrected chi connectivity index (χ1v) is 7.19. The molecule has 0 spiro atoms. The summed E-state index contributed by atoms with van der Waals surface area (Å²) >= 11 is 3.14. The van der Waals surface area contributed by atoms with Crippen molar-refractivity contribution in [1.29, 1.82) is 5.26 Å². The molecule has 0 radical (unpaired) electrons. The summed E-state index contributed by atoms with van der Waals surface area (Å²) in [7, 11) is 1.29. The number of furan rings is 1. The molecule has 0 fully saturated rings. The molecule has 7 heteroatoms. The molecule has 6 nitrogen and oxygen atoms in total. The van der Waals surface area contributed by atoms with Gasteiger partial charge in [-0.1, -0.05) is 0 Å². The summed E-state index contributed by atoms with van der Waals surface area (Å²) in [6, 6.07) is 11.2. The zero-order valence-electron chi connectivity index (χ0n) is 12.0. The highest BCUT2D eigenvalue weighted by Gasteiger charge is 2.11. The van der Waals surface area contributed by atoms with Crippen molar-refractivity contribution in [3.63, 3.8) is 0 Å². The number of rotatable bonds is 4. The van der Waals surface area contributed by atoms with Crippen molar-refractivity contribution in [3.05, 3.63) is 58.0 Å². The fourth-order valence-corrected chi connectivity index (χ4v) is 2.02. The Morgan fingerprint density at radius 3 is 2.48 bits per heavy atom. The van der Waals surface area contributed by atoms with Crippen LogP contribution < -0.4 is 5.32 Å². The van der Waals surface area contributed by atoms with Crippen LogP contribution in [-0.2, 0) is 9.53 Å². The van der Waals surface area contributed by atoms with Gasteiger partial charge < -0.3 is 14.5 Å². The molecule has 0 saturated carbocycles. The highest BCUT2D eigenvalue weighted by atomic mass is 79.9. The zero-order chi connectivity index (χ0) is 16.8. The Morgan fingerprint density at radius 1 is 1.26 bits per heavy atom. The second-order valence-electron chi connectivity index (χ2n) is 4.33. The second-order valence-corrected chi connectivity index (χ2v) is 5.12. The maximum Gasteiger partial charge on any atom is 0.337 e. The summed E-state index contributed by atoms with van der Waals surface area (Å²) < 4.78 is 10.3. The Bertz CT molecular complexity index is 800. The monoisotopic (exact) mass is 374 g/mol. The first-order chi connectivity index (χ1) is 11.0. The van der Waals surface area contributed by atoms with Crippen LogP contribution in [0.4, 0.5) is 5.69 Å². The van der Waals surface area contributed by atoms with E-state index in [4.69, 9.17) is 9.68 Å². The van der Waals surface area contributed by atoms with Gasteiger partial charge in [0.05, 0.1) is 12.7 Å². The van der Waals surface area contributed by atoms with E-state index in [0.29, 0.717) is 21.7 Å². The molecule has 2 rings (SSSR count). The Hall–Kier alpha value is -2.85. The van der Waals surface area contributed by atoms with Crippen LogP contribution in [0.3, 0.4) is 0 Å². The van der Waals surface area contributed by atoms with Crippen molar-refractivity contribution < 1.29 is 18.7 Å². The summed E-state index contributed by atoms with van der Waals surface area (Å²) in [5.41, 5.74) is 0.704. The Kier molecular flexibility index (Phi) is 5.33. The van der Waals surface area contributed by atoms with Crippen molar-refractivity contribution in [2.75, 3.05) is 12.4 Å². The van der Waals surface area contributed by atoms with Gasteiger partial charge in [-0.3, -0.25) is 4.79 Å². The number of ether oxygens (including phenoxy) is 1. The average Bonchev–Trinajstić information content (AvgIpc) is 2.97. The lowest BCUT2D eigenvalue weighted by Gasteiger charge is -2.05. The maximum atomic E-state index is 12.1. The summed E-state index contributed by atoms with van der Waals surface area (Å²) in [6.07, 6.45) is 1.34. The van der Waals surface area contributed by atoms with Gasteiger partial charge >= 0.3 is 5.97 Å². The summed E-state index contributed by atoms with van der Waals surface area (Å²) in [5, 5.41) is 11.7. The molecular weight excluding hydrogens is 364 g/mol. The Morgan fingerprint density at radius 2 is 1.96 bits per heavy atom. The first-order valence-electron chi connectivity index (χ1n) is 6.40. The molecule has 0 aliphatic heterocycles. The minimum absolute atomic E-state index is 0.108. The van der Waals surface area contributed by atoms with Crippen molar-refractivity contribution in [2.24, 2.45) is 0 Å². The van der Waals surface area contributed by atoms with Crippen LogP contribution in [0.1, 0.15) is 16.1 Å². The molecule has 0 unspecified atom stereocenters. The number of esters is 1. The fourth-order valence-electron chi connectivity index (χ4n) is 1.70. The van der Waals surface area contributed by atoms with E-state index >= 15 is 0 Å². The summed E-state index contributed by atoms with van der Waals surface area (Å²) in [4.78, 5) is 23.4. The molecule has 1 heterocycles. The van der Waals surface area contributed by atoms with Gasteiger partial charge in [-0.2, -0.15) is 5.26 Å². The molecule has 1 amide bonds. The van der Waals surface area contributed by atoms with Crippen LogP contribution in [0.25, 0.3) is 6.08 Å². The van der Waals surface area contributed by atoms with E-state index in [0.717, 1.165) is 0 Å². The van der Waals surface area contributed by atoms with Gasteiger partial charge in [0.15, 0.2) is 4.67 Å². The highest BCUT2D eigenvalue weighted by molar-refractivity contribution is 9.10. The van der Waals surface area contributed by atoms with Gasteiger partial charge in [-0.25, -0.2) is 4.79 Å². The van der Waals surface area contributed by atoms with Crippen molar-refractivity contribution in [2.45, 2.75) is 0 Å². The molecule has 0 bridgehead atoms. The number of hydrogen-bond acceptors (Lipinski definition) is 5. The number of nitrogens with zero attached hydrogens (tertiary/aromatic N) is 1. The SMILES string of the molecule is COC(=O)c1ccc(NC(=O)/C(C#N)=C/c2ccc(Br)o2)cc1. The third kappa shape index (κ3) is 4.31. The van der Waals surface area contributed by atoms with Gasteiger partial charge in [-0.15, -0.1) is 0 Å². The van der Waals surface area contributed by atoms with Gasteiger partial charge in [0, 0.05) is 11.8 Å². The van der Waals surface area contributed by atoms with Crippen LogP contribution in [0, 0.1) is 11.3 Å². The Labute approximate surface area is 140 Å². The van der Waals surface area contributed by atoms with E-state index in [1.807, 2.05) is 6.07 Å². The van der Waals surface area contributed by atoms with E-state index in [9.17, 15) is 9.59 Å². The van der Waals surface area contributed by atoms with Crippen LogP contribution in [0.15, 0.2) is 51.1 Å². The molecule has 0 atom stereocenters. The number of halogens is 1. The number of nitrogens with one attached hydrogen (secondary N) is 1. The smallest absolute Gasteiger partial charge is 0.337 e. The number of benzene rings is 1. The maximum absolute atomic E-state index is 12.1. The summed E-state index contributed by atoms with van der Waals surface area (Å²) in [5.74, 6) is -0.667. The predicted octanol–water partition coefficient (Wildman–Crippen LogP) is 3.37. The highest BCUT2D eigenvalue weighted by Crippen LogP contribution is 2.17. The number of nitriles is 1. The van der Waals surface area contributed by atoms with E-state index < -0.39 is 11.9 Å². The first kappa shape index (κ1) is 16.5. The van der Waals surface area contributed by atoms with E-state index in [1.165, 1.54) is 25.3 Å². The average molecular weight is 375 g/mol. The molecular formula is C16H11BrN2O4. The third-order valence-electron chi connectivity index (χ3n) is 2.81. The molecule has 0 saturated heterocycles. The third-order valence-corrected chi connectivity index (χ3v) is 3.24. The topological polar surface area (TPSA) is 92.3 Å². The molecule has 1 aromatic carbocycles. The largest absolute Gasteiger partial charge is 0.465 e. The number of carbonyl (C=O) groups excluding carboxylic acids is 2. The molecule has 0 aliphatic rings.